The van der Waals surface area contributed by atoms with Crippen LogP contribution in [0.4, 0.5) is 0 Å². The molecule has 0 saturated carbocycles. The summed E-state index contributed by atoms with van der Waals surface area (Å²) in [4.78, 5) is 14.7. The van der Waals surface area contributed by atoms with Gasteiger partial charge in [0.05, 0.1) is 12.7 Å². The van der Waals surface area contributed by atoms with Crippen LogP contribution in [0.25, 0.3) is 0 Å². The minimum Gasteiger partial charge on any atom is -0.373 e. The van der Waals surface area contributed by atoms with Crippen LogP contribution in [0.5, 0.6) is 0 Å². The zero-order valence-corrected chi connectivity index (χ0v) is 11.0. The van der Waals surface area contributed by atoms with E-state index in [-0.39, 0.29) is 17.2 Å². The monoisotopic (exact) mass is 246 g/mol. The van der Waals surface area contributed by atoms with E-state index in [1.165, 1.54) is 0 Å². The van der Waals surface area contributed by atoms with Crippen LogP contribution in [0, 0.1) is 17.2 Å². The molecule has 4 nitrogen and oxygen atoms in total. The number of pyridine rings is 1. The van der Waals surface area contributed by atoms with Gasteiger partial charge in [0.25, 0.3) is 5.56 Å². The van der Waals surface area contributed by atoms with Gasteiger partial charge in [-0.2, -0.15) is 5.26 Å². The molecule has 4 heteroatoms. The Hall–Kier alpha value is -1.60. The number of aromatic nitrogens is 1. The Balaban J connectivity index is 2.57. The van der Waals surface area contributed by atoms with Crippen molar-refractivity contribution in [3.05, 3.63) is 32.7 Å². The van der Waals surface area contributed by atoms with E-state index in [1.807, 2.05) is 13.0 Å². The van der Waals surface area contributed by atoms with Crippen molar-refractivity contribution in [1.29, 1.82) is 5.26 Å². The maximum absolute atomic E-state index is 11.9. The highest BCUT2D eigenvalue weighted by Crippen LogP contribution is 2.27. The second kappa shape index (κ2) is 4.95. The Labute approximate surface area is 107 Å². The summed E-state index contributed by atoms with van der Waals surface area (Å²) in [7, 11) is 0. The molecule has 1 atom stereocenters. The molecule has 0 aliphatic carbocycles. The van der Waals surface area contributed by atoms with Gasteiger partial charge in [-0.1, -0.05) is 20.8 Å². The molecular formula is C14H18N2O2. The second-order valence-corrected chi connectivity index (χ2v) is 5.03. The van der Waals surface area contributed by atoms with Gasteiger partial charge in [-0.15, -0.1) is 0 Å². The third kappa shape index (κ3) is 2.06. The molecule has 18 heavy (non-hydrogen) atoms. The Morgan fingerprint density at radius 1 is 1.50 bits per heavy atom. The molecule has 0 bridgehead atoms. The van der Waals surface area contributed by atoms with Crippen LogP contribution in [-0.2, 0) is 24.2 Å². The lowest BCUT2D eigenvalue weighted by atomic mass is 9.90. The van der Waals surface area contributed by atoms with Crippen LogP contribution in [0.1, 0.15) is 43.2 Å². The van der Waals surface area contributed by atoms with Gasteiger partial charge in [0.15, 0.2) is 0 Å². The van der Waals surface area contributed by atoms with E-state index in [0.717, 1.165) is 23.2 Å². The molecule has 1 aromatic heterocycles. The van der Waals surface area contributed by atoms with Crippen molar-refractivity contribution in [1.82, 2.24) is 4.98 Å². The van der Waals surface area contributed by atoms with Crippen molar-refractivity contribution >= 4 is 0 Å². The van der Waals surface area contributed by atoms with Gasteiger partial charge >= 0.3 is 0 Å². The topological polar surface area (TPSA) is 65.9 Å². The summed E-state index contributed by atoms with van der Waals surface area (Å²) in [5.41, 5.74) is 2.79. The molecule has 96 valence electrons. The Morgan fingerprint density at radius 3 is 2.78 bits per heavy atom. The number of rotatable bonds is 2. The smallest absolute Gasteiger partial charge is 0.266 e. The summed E-state index contributed by atoms with van der Waals surface area (Å²) in [6.07, 6.45) is 1.50. The SMILES string of the molecule is CCc1[nH]c(=O)c(C#N)c2c1COC(C(C)C)C2. The Bertz CT molecular complexity index is 552. The van der Waals surface area contributed by atoms with Crippen LogP contribution in [0.2, 0.25) is 0 Å². The standard InChI is InChI=1S/C14H18N2O2/c1-4-12-11-7-18-13(8(2)3)5-9(11)10(6-15)14(17)16-12/h8,13H,4-5,7H2,1-3H3,(H,16,17). The molecule has 2 rings (SSSR count). The number of nitrogens with zero attached hydrogens (tertiary/aromatic N) is 1. The molecule has 2 heterocycles. The fraction of sp³-hybridized carbons (Fsp3) is 0.571. The third-order valence-electron chi connectivity index (χ3n) is 3.58. The number of aromatic amines is 1. The zero-order chi connectivity index (χ0) is 13.3. The summed E-state index contributed by atoms with van der Waals surface area (Å²) >= 11 is 0. The van der Waals surface area contributed by atoms with E-state index >= 15 is 0 Å². The number of nitriles is 1. The van der Waals surface area contributed by atoms with Crippen molar-refractivity contribution in [3.8, 4) is 6.07 Å². The van der Waals surface area contributed by atoms with Crippen LogP contribution < -0.4 is 5.56 Å². The molecule has 0 fully saturated rings. The van der Waals surface area contributed by atoms with Crippen LogP contribution in [0.15, 0.2) is 4.79 Å². The first kappa shape index (κ1) is 12.8. The van der Waals surface area contributed by atoms with Crippen molar-refractivity contribution in [3.63, 3.8) is 0 Å². The van der Waals surface area contributed by atoms with Crippen LogP contribution in [0.3, 0.4) is 0 Å². The highest BCUT2D eigenvalue weighted by atomic mass is 16.5. The van der Waals surface area contributed by atoms with Gasteiger partial charge < -0.3 is 9.72 Å². The molecule has 1 aliphatic heterocycles. The van der Waals surface area contributed by atoms with Crippen molar-refractivity contribution in [2.75, 3.05) is 0 Å². The molecule has 0 amide bonds. The molecule has 1 N–H and O–H groups in total. The largest absolute Gasteiger partial charge is 0.373 e. The maximum Gasteiger partial charge on any atom is 0.266 e. The number of ether oxygens (including phenoxy) is 1. The highest BCUT2D eigenvalue weighted by molar-refractivity contribution is 5.44. The lowest BCUT2D eigenvalue weighted by molar-refractivity contribution is -0.00106. The zero-order valence-electron chi connectivity index (χ0n) is 11.0. The molecule has 0 radical (unpaired) electrons. The average Bonchev–Trinajstić information content (AvgIpc) is 2.37. The molecular weight excluding hydrogens is 228 g/mol. The van der Waals surface area contributed by atoms with Gasteiger partial charge in [0, 0.05) is 17.7 Å². The van der Waals surface area contributed by atoms with E-state index < -0.39 is 0 Å². The van der Waals surface area contributed by atoms with Crippen LogP contribution in [-0.4, -0.2) is 11.1 Å². The molecule has 1 unspecified atom stereocenters. The lowest BCUT2D eigenvalue weighted by Crippen LogP contribution is -2.31. The molecule has 1 aromatic rings. The molecule has 0 aromatic carbocycles. The van der Waals surface area contributed by atoms with E-state index in [9.17, 15) is 4.79 Å². The predicted octanol–water partition coefficient (Wildman–Crippen LogP) is 1.91. The van der Waals surface area contributed by atoms with Gasteiger partial charge in [0.1, 0.15) is 11.6 Å². The minimum atomic E-state index is -0.266. The van der Waals surface area contributed by atoms with Gasteiger partial charge in [-0.05, 0) is 17.9 Å². The van der Waals surface area contributed by atoms with Gasteiger partial charge in [-0.25, -0.2) is 0 Å². The van der Waals surface area contributed by atoms with Crippen molar-refractivity contribution in [2.45, 2.75) is 46.3 Å². The Kier molecular flexibility index (Phi) is 3.53. The summed E-state index contributed by atoms with van der Waals surface area (Å²) in [6.45, 7) is 6.67. The average molecular weight is 246 g/mol. The molecule has 0 saturated heterocycles. The Morgan fingerprint density at radius 2 is 2.22 bits per heavy atom. The first-order valence-electron chi connectivity index (χ1n) is 6.37. The third-order valence-corrected chi connectivity index (χ3v) is 3.58. The highest BCUT2D eigenvalue weighted by Gasteiger charge is 2.27. The predicted molar refractivity (Wildman–Crippen MR) is 68.3 cm³/mol. The number of H-pyrrole nitrogens is 1. The van der Waals surface area contributed by atoms with Gasteiger partial charge in [-0.3, -0.25) is 4.79 Å². The number of fused-ring (bicyclic) bond motifs is 1. The first-order valence-corrected chi connectivity index (χ1v) is 6.37. The second-order valence-electron chi connectivity index (χ2n) is 5.03. The summed E-state index contributed by atoms with van der Waals surface area (Å²) in [5.74, 6) is 0.383. The van der Waals surface area contributed by atoms with E-state index in [0.29, 0.717) is 18.9 Å². The molecule has 0 spiro atoms. The van der Waals surface area contributed by atoms with Crippen LogP contribution >= 0.6 is 0 Å². The first-order chi connectivity index (χ1) is 8.58. The summed E-state index contributed by atoms with van der Waals surface area (Å²) in [5, 5.41) is 9.15. The van der Waals surface area contributed by atoms with E-state index in [2.05, 4.69) is 18.8 Å². The number of aryl methyl sites for hydroxylation is 1. The quantitative estimate of drug-likeness (QED) is 0.866. The minimum absolute atomic E-state index is 0.0936. The fourth-order valence-corrected chi connectivity index (χ4v) is 2.44. The number of hydrogen-bond acceptors (Lipinski definition) is 3. The van der Waals surface area contributed by atoms with E-state index in [1.54, 1.807) is 0 Å². The van der Waals surface area contributed by atoms with Crippen molar-refractivity contribution in [2.24, 2.45) is 5.92 Å². The lowest BCUT2D eigenvalue weighted by Gasteiger charge is -2.29. The molecule has 1 aliphatic rings. The maximum atomic E-state index is 11.9. The summed E-state index contributed by atoms with van der Waals surface area (Å²) < 4.78 is 5.82. The summed E-state index contributed by atoms with van der Waals surface area (Å²) in [6, 6.07) is 2.03. The number of nitrogens with one attached hydrogen (secondary N) is 1. The van der Waals surface area contributed by atoms with Gasteiger partial charge in [0.2, 0.25) is 0 Å². The fourth-order valence-electron chi connectivity index (χ4n) is 2.44. The number of hydrogen-bond donors (Lipinski definition) is 1. The van der Waals surface area contributed by atoms with E-state index in [4.69, 9.17) is 10.00 Å². The van der Waals surface area contributed by atoms with Crippen molar-refractivity contribution < 1.29 is 4.74 Å². The normalized spacial score (nSPS) is 18.5.